The molecular formula is C19H23N3O7. The molecule has 0 radical (unpaired) electrons. The van der Waals surface area contributed by atoms with Gasteiger partial charge in [-0.3, -0.25) is 14.4 Å². The van der Waals surface area contributed by atoms with Gasteiger partial charge in [-0.2, -0.15) is 0 Å². The molecule has 2 aliphatic heterocycles. The van der Waals surface area contributed by atoms with Gasteiger partial charge in [0.1, 0.15) is 12.6 Å². The third-order valence-corrected chi connectivity index (χ3v) is 4.72. The number of aliphatic carboxylic acids is 2. The average molecular weight is 405 g/mol. The van der Waals surface area contributed by atoms with Crippen molar-refractivity contribution in [3.05, 3.63) is 29.8 Å². The highest BCUT2D eigenvalue weighted by atomic mass is 16.4. The monoisotopic (exact) mass is 405 g/mol. The Kier molecular flexibility index (Phi) is 6.92. The van der Waals surface area contributed by atoms with E-state index in [4.69, 9.17) is 19.8 Å². The minimum Gasteiger partial charge on any atom is -0.473 e. The van der Waals surface area contributed by atoms with Crippen LogP contribution in [-0.2, 0) is 19.2 Å². The van der Waals surface area contributed by atoms with Gasteiger partial charge in [0, 0.05) is 20.6 Å². The Morgan fingerprint density at radius 2 is 1.69 bits per heavy atom. The molecule has 1 aromatic carbocycles. The molecule has 1 unspecified atom stereocenters. The second-order valence-electron chi connectivity index (χ2n) is 6.85. The van der Waals surface area contributed by atoms with Crippen molar-refractivity contribution in [1.29, 1.82) is 0 Å². The number of piperidine rings is 1. The molecule has 0 spiro atoms. The lowest BCUT2D eigenvalue weighted by Crippen LogP contribution is -2.52. The fraction of sp³-hybridized carbons (Fsp3) is 0.421. The molecule has 10 heteroatoms. The minimum atomic E-state index is -1.82. The standard InChI is InChI=1S/C17H21N3O3.C2H2O4/c1-18(2)15(21)11-20-13-8-4-3-7-12(13)16(22)19-10-6-5-9-14(19)17(20)23;3-1(4)2(5)6/h3-4,7-8,14H,5-6,9-11H2,1-2H3;(H,3,4)(H,5,6). The molecule has 3 rings (SSSR count). The van der Waals surface area contributed by atoms with E-state index in [0.29, 0.717) is 24.2 Å². The number of anilines is 1. The number of amides is 3. The van der Waals surface area contributed by atoms with Crippen LogP contribution >= 0.6 is 0 Å². The number of carbonyl (C=O) groups excluding carboxylic acids is 3. The topological polar surface area (TPSA) is 136 Å². The number of carboxylic acid groups (broad SMARTS) is 2. The molecule has 2 N–H and O–H groups in total. The van der Waals surface area contributed by atoms with Crippen LogP contribution in [0, 0.1) is 0 Å². The van der Waals surface area contributed by atoms with Gasteiger partial charge in [-0.05, 0) is 31.4 Å². The molecular weight excluding hydrogens is 382 g/mol. The van der Waals surface area contributed by atoms with E-state index in [2.05, 4.69) is 0 Å². The Hall–Kier alpha value is -3.43. The van der Waals surface area contributed by atoms with Gasteiger partial charge >= 0.3 is 11.9 Å². The molecule has 29 heavy (non-hydrogen) atoms. The smallest absolute Gasteiger partial charge is 0.414 e. The number of carbonyl (C=O) groups is 5. The summed E-state index contributed by atoms with van der Waals surface area (Å²) < 4.78 is 0. The van der Waals surface area contributed by atoms with Gasteiger partial charge < -0.3 is 24.9 Å². The van der Waals surface area contributed by atoms with Crippen LogP contribution < -0.4 is 4.90 Å². The number of fused-ring (bicyclic) bond motifs is 2. The molecule has 1 fully saturated rings. The van der Waals surface area contributed by atoms with Crippen LogP contribution in [0.3, 0.4) is 0 Å². The second-order valence-corrected chi connectivity index (χ2v) is 6.85. The van der Waals surface area contributed by atoms with Crippen molar-refractivity contribution in [2.75, 3.05) is 32.1 Å². The van der Waals surface area contributed by atoms with Crippen LogP contribution in [0.15, 0.2) is 24.3 Å². The van der Waals surface area contributed by atoms with Crippen LogP contribution in [0.5, 0.6) is 0 Å². The Morgan fingerprint density at radius 3 is 2.28 bits per heavy atom. The fourth-order valence-electron chi connectivity index (χ4n) is 3.21. The van der Waals surface area contributed by atoms with E-state index in [1.165, 1.54) is 9.80 Å². The summed E-state index contributed by atoms with van der Waals surface area (Å²) in [6, 6.07) is 6.59. The van der Waals surface area contributed by atoms with Gasteiger partial charge in [0.15, 0.2) is 0 Å². The minimum absolute atomic E-state index is 0.0412. The number of hydrogen-bond acceptors (Lipinski definition) is 5. The molecule has 2 heterocycles. The number of rotatable bonds is 2. The number of carboxylic acids is 2. The molecule has 1 atom stereocenters. The van der Waals surface area contributed by atoms with Gasteiger partial charge in [-0.15, -0.1) is 0 Å². The zero-order valence-electron chi connectivity index (χ0n) is 16.2. The van der Waals surface area contributed by atoms with E-state index in [0.717, 1.165) is 12.8 Å². The first kappa shape index (κ1) is 21.9. The van der Waals surface area contributed by atoms with E-state index in [1.54, 1.807) is 43.3 Å². The highest BCUT2D eigenvalue weighted by Gasteiger charge is 2.41. The third kappa shape index (κ3) is 4.89. The number of para-hydroxylation sites is 1. The normalized spacial score (nSPS) is 17.9. The predicted octanol–water partition coefficient (Wildman–Crippen LogP) is 0.272. The van der Waals surface area contributed by atoms with E-state index in [1.807, 2.05) is 0 Å². The fourth-order valence-corrected chi connectivity index (χ4v) is 3.21. The maximum absolute atomic E-state index is 13.0. The summed E-state index contributed by atoms with van der Waals surface area (Å²) in [6.45, 7) is 0.555. The van der Waals surface area contributed by atoms with Gasteiger partial charge in [-0.1, -0.05) is 12.1 Å². The van der Waals surface area contributed by atoms with E-state index in [-0.39, 0.29) is 24.3 Å². The van der Waals surface area contributed by atoms with Crippen molar-refractivity contribution in [3.8, 4) is 0 Å². The number of hydrogen-bond donors (Lipinski definition) is 2. The molecule has 3 amide bonds. The van der Waals surface area contributed by atoms with Crippen molar-refractivity contribution >= 4 is 35.3 Å². The summed E-state index contributed by atoms with van der Waals surface area (Å²) in [5, 5.41) is 14.8. The van der Waals surface area contributed by atoms with Crippen molar-refractivity contribution in [3.63, 3.8) is 0 Å². The molecule has 0 aromatic heterocycles. The molecule has 1 saturated heterocycles. The van der Waals surface area contributed by atoms with Gasteiger partial charge in [0.25, 0.3) is 5.91 Å². The van der Waals surface area contributed by atoms with Crippen LogP contribution in [0.2, 0.25) is 0 Å². The highest BCUT2D eigenvalue weighted by molar-refractivity contribution is 6.27. The molecule has 0 bridgehead atoms. The SMILES string of the molecule is CN(C)C(=O)CN1C(=O)C2CCCCN2C(=O)c2ccccc21.O=C(O)C(=O)O. The average Bonchev–Trinajstić information content (AvgIpc) is 2.78. The van der Waals surface area contributed by atoms with E-state index < -0.39 is 18.0 Å². The summed E-state index contributed by atoms with van der Waals surface area (Å²) in [5.41, 5.74) is 1.03. The van der Waals surface area contributed by atoms with Crippen molar-refractivity contribution in [2.24, 2.45) is 0 Å². The van der Waals surface area contributed by atoms with Crippen molar-refractivity contribution in [1.82, 2.24) is 9.80 Å². The maximum Gasteiger partial charge on any atom is 0.414 e. The number of nitrogens with zero attached hydrogens (tertiary/aromatic N) is 3. The van der Waals surface area contributed by atoms with Gasteiger partial charge in [0.05, 0.1) is 11.3 Å². The van der Waals surface area contributed by atoms with Crippen LogP contribution in [0.1, 0.15) is 29.6 Å². The zero-order chi connectivity index (χ0) is 21.7. The van der Waals surface area contributed by atoms with Crippen LogP contribution in [0.25, 0.3) is 0 Å². The van der Waals surface area contributed by atoms with Crippen molar-refractivity contribution < 1.29 is 34.2 Å². The van der Waals surface area contributed by atoms with E-state index in [9.17, 15) is 14.4 Å². The molecule has 10 nitrogen and oxygen atoms in total. The summed E-state index contributed by atoms with van der Waals surface area (Å²) in [5.74, 6) is -4.08. The molecule has 2 aliphatic rings. The Morgan fingerprint density at radius 1 is 1.07 bits per heavy atom. The molecule has 1 aromatic rings. The highest BCUT2D eigenvalue weighted by Crippen LogP contribution is 2.31. The zero-order valence-corrected chi connectivity index (χ0v) is 16.2. The quantitative estimate of drug-likeness (QED) is 0.674. The summed E-state index contributed by atoms with van der Waals surface area (Å²) in [4.78, 5) is 60.8. The Bertz CT molecular complexity index is 825. The van der Waals surface area contributed by atoms with Gasteiger partial charge in [0.2, 0.25) is 11.8 Å². The third-order valence-electron chi connectivity index (χ3n) is 4.72. The summed E-state index contributed by atoms with van der Waals surface area (Å²) in [7, 11) is 3.32. The maximum atomic E-state index is 13.0. The first-order valence-electron chi connectivity index (χ1n) is 9.03. The number of benzene rings is 1. The first-order valence-corrected chi connectivity index (χ1v) is 9.03. The number of likely N-dealkylation sites (N-methyl/N-ethyl adjacent to an activating group) is 1. The lowest BCUT2D eigenvalue weighted by Gasteiger charge is -2.34. The second kappa shape index (κ2) is 9.18. The van der Waals surface area contributed by atoms with Crippen LogP contribution in [0.4, 0.5) is 5.69 Å². The lowest BCUT2D eigenvalue weighted by atomic mass is 10.0. The van der Waals surface area contributed by atoms with Gasteiger partial charge in [-0.25, -0.2) is 9.59 Å². The van der Waals surface area contributed by atoms with E-state index >= 15 is 0 Å². The molecule has 0 aliphatic carbocycles. The van der Waals surface area contributed by atoms with Crippen molar-refractivity contribution in [2.45, 2.75) is 25.3 Å². The Balaban J connectivity index is 0.000000438. The predicted molar refractivity (Wildman–Crippen MR) is 101 cm³/mol. The summed E-state index contributed by atoms with van der Waals surface area (Å²) in [6.07, 6.45) is 2.49. The molecule has 0 saturated carbocycles. The largest absolute Gasteiger partial charge is 0.473 e. The first-order chi connectivity index (χ1) is 13.6. The summed E-state index contributed by atoms with van der Waals surface area (Å²) >= 11 is 0. The Labute approximate surface area is 167 Å². The molecule has 156 valence electrons. The van der Waals surface area contributed by atoms with Crippen LogP contribution in [-0.4, -0.2) is 82.9 Å². The lowest BCUT2D eigenvalue weighted by molar-refractivity contribution is -0.159.